The van der Waals surface area contributed by atoms with Crippen molar-refractivity contribution < 1.29 is 14.6 Å². The number of carbonyl (C=O) groups is 1. The minimum Gasteiger partial charge on any atom is -0.466 e. The number of carbonyl (C=O) groups excluding carboxylic acids is 1. The van der Waals surface area contributed by atoms with Crippen LogP contribution in [0, 0.1) is 5.92 Å². The lowest BCUT2D eigenvalue weighted by Gasteiger charge is -2.35. The van der Waals surface area contributed by atoms with E-state index in [1.165, 1.54) is 44.1 Å². The highest BCUT2D eigenvalue weighted by Gasteiger charge is 2.37. The number of rotatable bonds is 10. The zero-order valence-corrected chi connectivity index (χ0v) is 16.6. The Balaban J connectivity index is 1.79. The number of hydrogen-bond acceptors (Lipinski definition) is 3. The molecule has 1 fully saturated rings. The second kappa shape index (κ2) is 10.7. The van der Waals surface area contributed by atoms with Crippen molar-refractivity contribution in [3.05, 3.63) is 35.4 Å². The van der Waals surface area contributed by atoms with Gasteiger partial charge in [0.15, 0.2) is 0 Å². The lowest BCUT2D eigenvalue weighted by molar-refractivity contribution is -0.151. The molecule has 1 aromatic rings. The van der Waals surface area contributed by atoms with Crippen molar-refractivity contribution in [3.63, 3.8) is 0 Å². The van der Waals surface area contributed by atoms with E-state index >= 15 is 0 Å². The number of ether oxygens (including phenoxy) is 1. The highest BCUT2D eigenvalue weighted by atomic mass is 16.5. The van der Waals surface area contributed by atoms with Crippen molar-refractivity contribution >= 4 is 5.97 Å². The fourth-order valence-electron chi connectivity index (χ4n) is 3.97. The van der Waals surface area contributed by atoms with Crippen LogP contribution < -0.4 is 0 Å². The first-order chi connectivity index (χ1) is 12.6. The summed E-state index contributed by atoms with van der Waals surface area (Å²) in [5.41, 5.74) is 1.56. The van der Waals surface area contributed by atoms with E-state index in [9.17, 15) is 9.90 Å². The molecule has 1 aliphatic rings. The Bertz CT molecular complexity index is 527. The molecular weight excluding hydrogens is 324 g/mol. The first-order valence-electron chi connectivity index (χ1n) is 10.6. The summed E-state index contributed by atoms with van der Waals surface area (Å²) in [5.74, 6) is -0.161. The van der Waals surface area contributed by atoms with Gasteiger partial charge in [-0.2, -0.15) is 0 Å². The van der Waals surface area contributed by atoms with Crippen molar-refractivity contribution in [2.75, 3.05) is 6.61 Å². The second-order valence-corrected chi connectivity index (χ2v) is 7.77. The molecule has 1 N–H and O–H groups in total. The molecule has 0 saturated heterocycles. The number of unbranched alkanes of at least 4 members (excludes halogenated alkanes) is 5. The second-order valence-electron chi connectivity index (χ2n) is 7.77. The van der Waals surface area contributed by atoms with E-state index in [1.807, 2.05) is 6.92 Å². The molecule has 2 rings (SSSR count). The van der Waals surface area contributed by atoms with Crippen LogP contribution in [0.4, 0.5) is 0 Å². The molecule has 3 nitrogen and oxygen atoms in total. The Kier molecular flexibility index (Phi) is 8.64. The van der Waals surface area contributed by atoms with E-state index in [1.54, 1.807) is 0 Å². The molecule has 1 saturated carbocycles. The van der Waals surface area contributed by atoms with Crippen LogP contribution in [0.25, 0.3) is 0 Å². The Morgan fingerprint density at radius 1 is 1.04 bits per heavy atom. The summed E-state index contributed by atoms with van der Waals surface area (Å²) in [6.07, 6.45) is 11.7. The number of benzene rings is 1. The molecule has 0 radical (unpaired) electrons. The van der Waals surface area contributed by atoms with Gasteiger partial charge in [0.25, 0.3) is 0 Å². The highest BCUT2D eigenvalue weighted by molar-refractivity contribution is 5.72. The number of hydrogen-bond donors (Lipinski definition) is 1. The summed E-state index contributed by atoms with van der Waals surface area (Å²) in [6, 6.07) is 8.49. The SMILES string of the molecule is CCCCCCCCc1ccc(C2(O)CCC(C(=O)OCC)CC2)cc1. The van der Waals surface area contributed by atoms with Crippen molar-refractivity contribution in [1.29, 1.82) is 0 Å². The zero-order valence-electron chi connectivity index (χ0n) is 16.6. The van der Waals surface area contributed by atoms with Gasteiger partial charge >= 0.3 is 5.97 Å². The van der Waals surface area contributed by atoms with Gasteiger partial charge in [-0.15, -0.1) is 0 Å². The maximum absolute atomic E-state index is 11.9. The van der Waals surface area contributed by atoms with Crippen LogP contribution in [0.5, 0.6) is 0 Å². The molecular formula is C23H36O3. The van der Waals surface area contributed by atoms with Crippen LogP contribution in [0.2, 0.25) is 0 Å². The molecule has 0 heterocycles. The Morgan fingerprint density at radius 3 is 2.27 bits per heavy atom. The molecule has 0 atom stereocenters. The summed E-state index contributed by atoms with van der Waals surface area (Å²) in [4.78, 5) is 11.9. The molecule has 3 heteroatoms. The van der Waals surface area contributed by atoms with Gasteiger partial charge in [0, 0.05) is 0 Å². The van der Waals surface area contributed by atoms with Crippen LogP contribution in [0.1, 0.15) is 89.2 Å². The van der Waals surface area contributed by atoms with Gasteiger partial charge in [-0.3, -0.25) is 4.79 Å². The van der Waals surface area contributed by atoms with Crippen LogP contribution in [-0.4, -0.2) is 17.7 Å². The van der Waals surface area contributed by atoms with E-state index in [0.29, 0.717) is 32.3 Å². The predicted molar refractivity (Wildman–Crippen MR) is 106 cm³/mol. The molecule has 26 heavy (non-hydrogen) atoms. The fraction of sp³-hybridized carbons (Fsp3) is 0.696. The highest BCUT2D eigenvalue weighted by Crippen LogP contribution is 2.40. The number of aliphatic hydroxyl groups is 1. The van der Waals surface area contributed by atoms with Crippen molar-refractivity contribution in [3.8, 4) is 0 Å². The Labute approximate surface area is 159 Å². The minimum absolute atomic E-state index is 0.0535. The molecule has 1 aliphatic carbocycles. The largest absolute Gasteiger partial charge is 0.466 e. The third-order valence-corrected chi connectivity index (χ3v) is 5.74. The van der Waals surface area contributed by atoms with Gasteiger partial charge in [0.2, 0.25) is 0 Å². The third-order valence-electron chi connectivity index (χ3n) is 5.74. The summed E-state index contributed by atoms with van der Waals surface area (Å²) >= 11 is 0. The van der Waals surface area contributed by atoms with Gasteiger partial charge in [-0.25, -0.2) is 0 Å². The van der Waals surface area contributed by atoms with Gasteiger partial charge in [-0.05, 0) is 56.6 Å². The average Bonchev–Trinajstić information content (AvgIpc) is 2.66. The molecule has 0 amide bonds. The maximum Gasteiger partial charge on any atom is 0.308 e. The van der Waals surface area contributed by atoms with E-state index in [-0.39, 0.29) is 11.9 Å². The van der Waals surface area contributed by atoms with Gasteiger partial charge in [0.05, 0.1) is 18.1 Å². The summed E-state index contributed by atoms with van der Waals surface area (Å²) in [5, 5.41) is 11.0. The lowest BCUT2D eigenvalue weighted by Crippen LogP contribution is -2.34. The number of esters is 1. The third kappa shape index (κ3) is 6.12. The topological polar surface area (TPSA) is 46.5 Å². The molecule has 1 aromatic carbocycles. The van der Waals surface area contributed by atoms with E-state index in [2.05, 4.69) is 31.2 Å². The van der Waals surface area contributed by atoms with Crippen molar-refractivity contribution in [1.82, 2.24) is 0 Å². The molecule has 0 unspecified atom stereocenters. The molecule has 0 spiro atoms. The zero-order chi connectivity index (χ0) is 18.8. The molecule has 0 aromatic heterocycles. The van der Waals surface area contributed by atoms with Crippen molar-refractivity contribution in [2.24, 2.45) is 5.92 Å². The van der Waals surface area contributed by atoms with Gasteiger partial charge in [0.1, 0.15) is 0 Å². The van der Waals surface area contributed by atoms with Crippen LogP contribution in [0.15, 0.2) is 24.3 Å². The van der Waals surface area contributed by atoms with E-state index in [4.69, 9.17) is 4.74 Å². The normalized spacial score (nSPS) is 23.0. The molecule has 0 aliphatic heterocycles. The molecule has 146 valence electrons. The van der Waals surface area contributed by atoms with E-state index in [0.717, 1.165) is 12.0 Å². The number of aryl methyl sites for hydroxylation is 1. The Hall–Kier alpha value is -1.35. The van der Waals surface area contributed by atoms with E-state index < -0.39 is 5.60 Å². The average molecular weight is 361 g/mol. The summed E-state index contributed by atoms with van der Waals surface area (Å²) < 4.78 is 5.12. The fourth-order valence-corrected chi connectivity index (χ4v) is 3.97. The smallest absolute Gasteiger partial charge is 0.308 e. The minimum atomic E-state index is -0.790. The maximum atomic E-state index is 11.9. The standard InChI is InChI=1S/C23H36O3/c1-3-5-6-7-8-9-10-19-11-13-21(14-12-19)23(25)17-15-20(16-18-23)22(24)26-4-2/h11-14,20,25H,3-10,15-18H2,1-2H3. The van der Waals surface area contributed by atoms with Crippen LogP contribution >= 0.6 is 0 Å². The first kappa shape index (κ1) is 21.0. The van der Waals surface area contributed by atoms with Gasteiger partial charge < -0.3 is 9.84 Å². The summed E-state index contributed by atoms with van der Waals surface area (Å²) in [7, 11) is 0. The van der Waals surface area contributed by atoms with Crippen LogP contribution in [0.3, 0.4) is 0 Å². The van der Waals surface area contributed by atoms with Gasteiger partial charge in [-0.1, -0.05) is 63.3 Å². The summed E-state index contributed by atoms with van der Waals surface area (Å²) in [6.45, 7) is 4.52. The van der Waals surface area contributed by atoms with Crippen molar-refractivity contribution in [2.45, 2.75) is 90.1 Å². The first-order valence-corrected chi connectivity index (χ1v) is 10.6. The Morgan fingerprint density at radius 2 is 1.65 bits per heavy atom. The van der Waals surface area contributed by atoms with Crippen LogP contribution in [-0.2, 0) is 21.6 Å². The lowest BCUT2D eigenvalue weighted by atomic mass is 9.75. The molecule has 0 bridgehead atoms. The quantitative estimate of drug-likeness (QED) is 0.441. The monoisotopic (exact) mass is 360 g/mol. The predicted octanol–water partition coefficient (Wildman–Crippen LogP) is 5.53.